The molecule has 0 unspecified atom stereocenters. The summed E-state index contributed by atoms with van der Waals surface area (Å²) >= 11 is 1.64. The molecule has 0 spiro atoms. The number of hydrogen-bond donors (Lipinski definition) is 2. The number of benzene rings is 2. The Kier molecular flexibility index (Phi) is 1.94. The van der Waals surface area contributed by atoms with Crippen LogP contribution in [0.5, 0.6) is 0 Å². The molecule has 0 fully saturated rings. The van der Waals surface area contributed by atoms with E-state index in [1.165, 1.54) is 21.2 Å². The lowest BCUT2D eigenvalue weighted by Gasteiger charge is -2.18. The van der Waals surface area contributed by atoms with Gasteiger partial charge in [-0.05, 0) is 34.4 Å². The van der Waals surface area contributed by atoms with Gasteiger partial charge in [0.05, 0.1) is 0 Å². The second-order valence-corrected chi connectivity index (χ2v) is 4.17. The maximum Gasteiger partial charge on any atom is 0.0377 e. The summed E-state index contributed by atoms with van der Waals surface area (Å²) in [5.41, 5.74) is 4.54. The molecule has 0 radical (unpaired) electrons. The van der Waals surface area contributed by atoms with Crippen molar-refractivity contribution in [1.29, 1.82) is 0 Å². The largest absolute Gasteiger partial charge is 0.243 e. The number of hydrogen-bond acceptors (Lipinski definition) is 3. The van der Waals surface area contributed by atoms with Crippen molar-refractivity contribution < 1.29 is 0 Å². The fourth-order valence-electron chi connectivity index (χ4n) is 1.81. The van der Waals surface area contributed by atoms with E-state index in [2.05, 4.69) is 46.7 Å². The van der Waals surface area contributed by atoms with E-state index < -0.39 is 0 Å². The molecule has 2 nitrogen and oxygen atoms in total. The Balaban J connectivity index is 2.34. The zero-order valence-corrected chi connectivity index (χ0v) is 8.40. The molecule has 0 bridgehead atoms. The van der Waals surface area contributed by atoms with Crippen LogP contribution in [-0.2, 0) is 6.54 Å². The minimum Gasteiger partial charge on any atom is -0.243 e. The van der Waals surface area contributed by atoms with Crippen molar-refractivity contribution in [3.63, 3.8) is 0 Å². The van der Waals surface area contributed by atoms with Gasteiger partial charge in [0.15, 0.2) is 0 Å². The normalized spacial score (nSPS) is 15.4. The highest BCUT2D eigenvalue weighted by molar-refractivity contribution is 7.97. The molecule has 0 saturated carbocycles. The third kappa shape index (κ3) is 1.21. The molecule has 0 saturated heterocycles. The number of fused-ring (bicyclic) bond motifs is 3. The minimum absolute atomic E-state index is 0.893. The first-order chi connectivity index (χ1) is 6.95. The predicted octanol–water partition coefficient (Wildman–Crippen LogP) is 2.45. The van der Waals surface area contributed by atoms with Crippen molar-refractivity contribution >= 4 is 22.7 Å². The molecule has 1 aliphatic rings. The summed E-state index contributed by atoms with van der Waals surface area (Å²) < 4.78 is 0. The van der Waals surface area contributed by atoms with Crippen LogP contribution >= 0.6 is 11.9 Å². The van der Waals surface area contributed by atoms with E-state index in [9.17, 15) is 0 Å². The van der Waals surface area contributed by atoms with E-state index in [1.54, 1.807) is 11.9 Å². The predicted molar refractivity (Wildman–Crippen MR) is 59.8 cm³/mol. The van der Waals surface area contributed by atoms with Gasteiger partial charge in [-0.2, -0.15) is 4.83 Å². The second kappa shape index (κ2) is 3.28. The van der Waals surface area contributed by atoms with Crippen molar-refractivity contribution in [1.82, 2.24) is 10.3 Å². The van der Waals surface area contributed by atoms with E-state index >= 15 is 0 Å². The van der Waals surface area contributed by atoms with Gasteiger partial charge in [0, 0.05) is 11.4 Å². The molecule has 2 N–H and O–H groups in total. The highest BCUT2D eigenvalue weighted by Gasteiger charge is 2.11. The van der Waals surface area contributed by atoms with Gasteiger partial charge in [0.25, 0.3) is 0 Å². The first kappa shape index (κ1) is 8.29. The Labute approximate surface area is 86.8 Å². The third-order valence-corrected chi connectivity index (χ3v) is 3.34. The molecule has 0 atom stereocenters. The second-order valence-electron chi connectivity index (χ2n) is 3.32. The minimum atomic E-state index is 0.893. The van der Waals surface area contributed by atoms with Gasteiger partial charge in [0.2, 0.25) is 0 Å². The van der Waals surface area contributed by atoms with E-state index in [0.717, 1.165) is 6.54 Å². The van der Waals surface area contributed by atoms with Gasteiger partial charge in [-0.1, -0.05) is 30.3 Å². The zero-order chi connectivity index (χ0) is 9.38. The average Bonchev–Trinajstić information content (AvgIpc) is 2.29. The SMILES string of the molecule is c1ccc2c3c(ccc2c1)SNNC3. The van der Waals surface area contributed by atoms with Crippen LogP contribution in [0, 0.1) is 0 Å². The highest BCUT2D eigenvalue weighted by Crippen LogP contribution is 2.29. The summed E-state index contributed by atoms with van der Waals surface area (Å²) in [5, 5.41) is 2.67. The molecule has 1 heterocycles. The Morgan fingerprint density at radius 1 is 1.07 bits per heavy atom. The lowest BCUT2D eigenvalue weighted by Crippen LogP contribution is -2.29. The van der Waals surface area contributed by atoms with Crippen LogP contribution in [0.3, 0.4) is 0 Å². The maximum atomic E-state index is 3.15. The van der Waals surface area contributed by atoms with Crippen molar-refractivity contribution in [2.45, 2.75) is 11.4 Å². The van der Waals surface area contributed by atoms with Crippen molar-refractivity contribution in [2.24, 2.45) is 0 Å². The van der Waals surface area contributed by atoms with Crippen molar-refractivity contribution in [2.75, 3.05) is 0 Å². The molecule has 3 heteroatoms. The summed E-state index contributed by atoms with van der Waals surface area (Å²) in [4.78, 5) is 4.39. The lowest BCUT2D eigenvalue weighted by molar-refractivity contribution is 0.665. The van der Waals surface area contributed by atoms with Gasteiger partial charge >= 0.3 is 0 Å². The van der Waals surface area contributed by atoms with Crippen LogP contribution in [0.1, 0.15) is 5.56 Å². The summed E-state index contributed by atoms with van der Waals surface area (Å²) in [6, 6.07) is 12.9. The fourth-order valence-corrected chi connectivity index (χ4v) is 2.51. The molecule has 14 heavy (non-hydrogen) atoms. The van der Waals surface area contributed by atoms with Gasteiger partial charge in [-0.15, -0.1) is 0 Å². The van der Waals surface area contributed by atoms with E-state index in [0.29, 0.717) is 0 Å². The first-order valence-corrected chi connectivity index (χ1v) is 5.42. The summed E-state index contributed by atoms with van der Waals surface area (Å²) in [5.74, 6) is 0. The third-order valence-electron chi connectivity index (χ3n) is 2.50. The topological polar surface area (TPSA) is 24.1 Å². The molecule has 70 valence electrons. The van der Waals surface area contributed by atoms with E-state index in [-0.39, 0.29) is 0 Å². The number of hydrazine groups is 1. The van der Waals surface area contributed by atoms with Crippen LogP contribution in [0.2, 0.25) is 0 Å². The van der Waals surface area contributed by atoms with Crippen molar-refractivity contribution in [3.05, 3.63) is 42.0 Å². The Morgan fingerprint density at radius 2 is 2.00 bits per heavy atom. The highest BCUT2D eigenvalue weighted by atomic mass is 32.2. The molecule has 0 aliphatic carbocycles. The standard InChI is InChI=1S/C11H10N2S/c1-2-4-9-8(3-1)5-6-11-10(9)7-12-13-14-11/h1-6,12-13H,7H2. The van der Waals surface area contributed by atoms with Gasteiger partial charge in [-0.3, -0.25) is 0 Å². The van der Waals surface area contributed by atoms with Crippen LogP contribution in [0.25, 0.3) is 10.8 Å². The van der Waals surface area contributed by atoms with Crippen LogP contribution < -0.4 is 10.3 Å². The molecule has 2 aromatic carbocycles. The number of rotatable bonds is 0. The Bertz CT molecular complexity index is 482. The van der Waals surface area contributed by atoms with Crippen molar-refractivity contribution in [3.8, 4) is 0 Å². The first-order valence-electron chi connectivity index (χ1n) is 4.60. The molecule has 2 aromatic rings. The van der Waals surface area contributed by atoms with Gasteiger partial charge in [0.1, 0.15) is 0 Å². The van der Waals surface area contributed by atoms with Crippen LogP contribution in [0.15, 0.2) is 41.3 Å². The van der Waals surface area contributed by atoms with Gasteiger partial charge < -0.3 is 0 Å². The monoisotopic (exact) mass is 202 g/mol. The molecule has 1 aliphatic heterocycles. The quantitative estimate of drug-likeness (QED) is 0.642. The smallest absolute Gasteiger partial charge is 0.0377 e. The number of nitrogens with one attached hydrogen (secondary N) is 2. The Morgan fingerprint density at radius 3 is 3.00 bits per heavy atom. The van der Waals surface area contributed by atoms with Gasteiger partial charge in [-0.25, -0.2) is 5.43 Å². The molecule has 0 amide bonds. The molecule has 3 rings (SSSR count). The average molecular weight is 202 g/mol. The van der Waals surface area contributed by atoms with Crippen LogP contribution in [0.4, 0.5) is 0 Å². The molecular formula is C11H10N2S. The lowest BCUT2D eigenvalue weighted by atomic mass is 10.0. The zero-order valence-electron chi connectivity index (χ0n) is 7.58. The summed E-state index contributed by atoms with van der Waals surface area (Å²) in [7, 11) is 0. The van der Waals surface area contributed by atoms with E-state index in [4.69, 9.17) is 0 Å². The molecule has 0 aromatic heterocycles. The molecular weight excluding hydrogens is 192 g/mol. The van der Waals surface area contributed by atoms with Crippen LogP contribution in [-0.4, -0.2) is 0 Å². The fraction of sp³-hybridized carbons (Fsp3) is 0.0909. The summed E-state index contributed by atoms with van der Waals surface area (Å²) in [6.07, 6.45) is 0. The maximum absolute atomic E-state index is 3.15. The van der Waals surface area contributed by atoms with E-state index in [1.807, 2.05) is 0 Å². The summed E-state index contributed by atoms with van der Waals surface area (Å²) in [6.45, 7) is 0.893. The Hall–Kier alpha value is -1.03.